The third kappa shape index (κ3) is 5.07. The summed E-state index contributed by atoms with van der Waals surface area (Å²) in [4.78, 5) is 11.9. The molecule has 25 heavy (non-hydrogen) atoms. The largest absolute Gasteiger partial charge is 0.489 e. The summed E-state index contributed by atoms with van der Waals surface area (Å²) in [6.45, 7) is 0.508. The predicted octanol–water partition coefficient (Wildman–Crippen LogP) is 3.65. The van der Waals surface area contributed by atoms with E-state index in [-0.39, 0.29) is 5.91 Å². The Morgan fingerprint density at radius 3 is 2.76 bits per heavy atom. The Kier molecular flexibility index (Phi) is 5.26. The number of nitrogens with one attached hydrogen (secondary N) is 1. The number of amides is 1. The van der Waals surface area contributed by atoms with E-state index in [0.717, 1.165) is 16.9 Å². The monoisotopic (exact) mass is 333 g/mol. The van der Waals surface area contributed by atoms with Crippen LogP contribution in [-0.4, -0.2) is 15.7 Å². The van der Waals surface area contributed by atoms with E-state index in [1.807, 2.05) is 54.6 Å². The summed E-state index contributed by atoms with van der Waals surface area (Å²) in [6.07, 6.45) is 4.99. The summed E-state index contributed by atoms with van der Waals surface area (Å²) in [6, 6.07) is 19.3. The first-order valence-corrected chi connectivity index (χ1v) is 7.94. The first-order valence-electron chi connectivity index (χ1n) is 7.94. The molecular weight excluding hydrogens is 314 g/mol. The van der Waals surface area contributed by atoms with Gasteiger partial charge in [0.05, 0.1) is 0 Å². The molecule has 0 unspecified atom stereocenters. The fourth-order valence-electron chi connectivity index (χ4n) is 2.27. The van der Waals surface area contributed by atoms with Crippen molar-refractivity contribution in [2.75, 3.05) is 5.32 Å². The molecule has 0 aliphatic rings. The van der Waals surface area contributed by atoms with Gasteiger partial charge in [0, 0.05) is 25.4 Å². The lowest BCUT2D eigenvalue weighted by molar-refractivity contribution is -0.111. The van der Waals surface area contributed by atoms with Crippen LogP contribution in [0.5, 0.6) is 5.75 Å². The maximum Gasteiger partial charge on any atom is 0.249 e. The molecule has 0 aliphatic carbocycles. The molecule has 3 aromatic rings. The van der Waals surface area contributed by atoms with Crippen molar-refractivity contribution in [1.29, 1.82) is 0 Å². The van der Waals surface area contributed by atoms with Crippen LogP contribution in [0.25, 0.3) is 6.08 Å². The Morgan fingerprint density at radius 2 is 2.00 bits per heavy atom. The van der Waals surface area contributed by atoms with Gasteiger partial charge < -0.3 is 10.1 Å². The van der Waals surface area contributed by atoms with E-state index in [2.05, 4.69) is 10.4 Å². The number of carbonyl (C=O) groups excluding carboxylic acids is 1. The number of carbonyl (C=O) groups is 1. The topological polar surface area (TPSA) is 56.2 Å². The van der Waals surface area contributed by atoms with Crippen LogP contribution in [0.4, 0.5) is 5.82 Å². The fourth-order valence-corrected chi connectivity index (χ4v) is 2.27. The minimum Gasteiger partial charge on any atom is -0.489 e. The molecular formula is C20H19N3O2. The Hall–Kier alpha value is -3.34. The van der Waals surface area contributed by atoms with Crippen molar-refractivity contribution in [3.05, 3.63) is 84.1 Å². The molecule has 2 aromatic carbocycles. The van der Waals surface area contributed by atoms with Gasteiger partial charge in [-0.3, -0.25) is 9.48 Å². The molecule has 0 atom stereocenters. The van der Waals surface area contributed by atoms with Crippen LogP contribution in [0, 0.1) is 0 Å². The Labute approximate surface area is 146 Å². The van der Waals surface area contributed by atoms with Crippen LogP contribution in [0.15, 0.2) is 72.9 Å². The lowest BCUT2D eigenvalue weighted by atomic mass is 10.2. The first kappa shape index (κ1) is 16.5. The highest BCUT2D eigenvalue weighted by molar-refractivity contribution is 6.01. The number of hydrogen-bond donors (Lipinski definition) is 1. The molecule has 0 bridgehead atoms. The molecule has 5 heteroatoms. The van der Waals surface area contributed by atoms with E-state index < -0.39 is 0 Å². The smallest absolute Gasteiger partial charge is 0.249 e. The minimum absolute atomic E-state index is 0.227. The first-order chi connectivity index (χ1) is 12.2. The molecule has 1 N–H and O–H groups in total. The van der Waals surface area contributed by atoms with Gasteiger partial charge in [-0.1, -0.05) is 42.5 Å². The van der Waals surface area contributed by atoms with Crippen LogP contribution in [-0.2, 0) is 18.4 Å². The van der Waals surface area contributed by atoms with E-state index in [9.17, 15) is 4.79 Å². The van der Waals surface area contributed by atoms with Crippen molar-refractivity contribution in [3.63, 3.8) is 0 Å². The molecule has 1 aromatic heterocycles. The average Bonchev–Trinajstić information content (AvgIpc) is 3.04. The number of anilines is 1. The number of aryl methyl sites for hydroxylation is 1. The van der Waals surface area contributed by atoms with Gasteiger partial charge in [-0.05, 0) is 29.3 Å². The number of hydrogen-bond acceptors (Lipinski definition) is 3. The van der Waals surface area contributed by atoms with E-state index in [0.29, 0.717) is 12.4 Å². The zero-order chi connectivity index (χ0) is 17.5. The van der Waals surface area contributed by atoms with E-state index >= 15 is 0 Å². The SMILES string of the molecule is Cn1ccc(NC(=O)/C=C/c2cccc(OCc3ccccc3)c2)n1. The quantitative estimate of drug-likeness (QED) is 0.701. The van der Waals surface area contributed by atoms with Crippen LogP contribution < -0.4 is 10.1 Å². The van der Waals surface area contributed by atoms with E-state index in [1.54, 1.807) is 30.1 Å². The summed E-state index contributed by atoms with van der Waals surface area (Å²) in [7, 11) is 1.80. The molecule has 1 amide bonds. The zero-order valence-corrected chi connectivity index (χ0v) is 13.9. The molecule has 3 rings (SSSR count). The predicted molar refractivity (Wildman–Crippen MR) is 98.1 cm³/mol. The van der Waals surface area contributed by atoms with Gasteiger partial charge >= 0.3 is 0 Å². The summed E-state index contributed by atoms with van der Waals surface area (Å²) in [5.41, 5.74) is 2.00. The number of nitrogens with zero attached hydrogens (tertiary/aromatic N) is 2. The summed E-state index contributed by atoms with van der Waals surface area (Å²) < 4.78 is 7.42. The third-order valence-electron chi connectivity index (χ3n) is 3.50. The second-order valence-corrected chi connectivity index (χ2v) is 5.54. The van der Waals surface area contributed by atoms with Crippen LogP contribution in [0.2, 0.25) is 0 Å². The molecule has 1 heterocycles. The van der Waals surface area contributed by atoms with Crippen molar-refractivity contribution in [3.8, 4) is 5.75 Å². The van der Waals surface area contributed by atoms with Gasteiger partial charge in [0.15, 0.2) is 5.82 Å². The highest BCUT2D eigenvalue weighted by Gasteiger charge is 2.01. The van der Waals surface area contributed by atoms with Gasteiger partial charge in [0.1, 0.15) is 12.4 Å². The average molecular weight is 333 g/mol. The number of ether oxygens (including phenoxy) is 1. The molecule has 126 valence electrons. The summed E-state index contributed by atoms with van der Waals surface area (Å²) in [5.74, 6) is 1.06. The lowest BCUT2D eigenvalue weighted by Crippen LogP contribution is -2.08. The van der Waals surface area contributed by atoms with Gasteiger partial charge in [-0.2, -0.15) is 5.10 Å². The maximum absolute atomic E-state index is 11.9. The highest BCUT2D eigenvalue weighted by atomic mass is 16.5. The lowest BCUT2D eigenvalue weighted by Gasteiger charge is -2.06. The summed E-state index contributed by atoms with van der Waals surface area (Å²) in [5, 5.41) is 6.81. The van der Waals surface area contributed by atoms with Crippen LogP contribution >= 0.6 is 0 Å². The van der Waals surface area contributed by atoms with Gasteiger partial charge in [-0.25, -0.2) is 0 Å². The molecule has 5 nitrogen and oxygen atoms in total. The Morgan fingerprint density at radius 1 is 1.16 bits per heavy atom. The number of benzene rings is 2. The van der Waals surface area contributed by atoms with Crippen molar-refractivity contribution in [2.45, 2.75) is 6.61 Å². The van der Waals surface area contributed by atoms with Crippen LogP contribution in [0.1, 0.15) is 11.1 Å². The zero-order valence-electron chi connectivity index (χ0n) is 13.9. The highest BCUT2D eigenvalue weighted by Crippen LogP contribution is 2.16. The van der Waals surface area contributed by atoms with Crippen molar-refractivity contribution in [1.82, 2.24) is 9.78 Å². The van der Waals surface area contributed by atoms with E-state index in [1.165, 1.54) is 6.08 Å². The summed E-state index contributed by atoms with van der Waals surface area (Å²) >= 11 is 0. The second kappa shape index (κ2) is 7.97. The maximum atomic E-state index is 11.9. The van der Waals surface area contributed by atoms with Crippen molar-refractivity contribution in [2.24, 2.45) is 7.05 Å². The fraction of sp³-hybridized carbons (Fsp3) is 0.100. The Bertz CT molecular complexity index is 869. The number of rotatable bonds is 6. The molecule has 0 saturated carbocycles. The van der Waals surface area contributed by atoms with Gasteiger partial charge in [0.25, 0.3) is 0 Å². The van der Waals surface area contributed by atoms with Crippen LogP contribution in [0.3, 0.4) is 0 Å². The van der Waals surface area contributed by atoms with Crippen molar-refractivity contribution < 1.29 is 9.53 Å². The molecule has 0 radical (unpaired) electrons. The molecule has 0 spiro atoms. The molecule has 0 fully saturated rings. The van der Waals surface area contributed by atoms with Gasteiger partial charge in [-0.15, -0.1) is 0 Å². The van der Waals surface area contributed by atoms with Gasteiger partial charge in [0.2, 0.25) is 5.91 Å². The third-order valence-corrected chi connectivity index (χ3v) is 3.50. The normalized spacial score (nSPS) is 10.8. The van der Waals surface area contributed by atoms with E-state index in [4.69, 9.17) is 4.74 Å². The van der Waals surface area contributed by atoms with Crippen molar-refractivity contribution >= 4 is 17.8 Å². The molecule has 0 aliphatic heterocycles. The Balaban J connectivity index is 1.58. The number of aromatic nitrogens is 2. The minimum atomic E-state index is -0.227. The standard InChI is InChI=1S/C20H19N3O2/c1-23-13-12-19(22-23)21-20(24)11-10-16-8-5-9-18(14-16)25-15-17-6-3-2-4-7-17/h2-14H,15H2,1H3,(H,21,22,24)/b11-10+. The second-order valence-electron chi connectivity index (χ2n) is 5.54. The molecule has 0 saturated heterocycles.